The fourth-order valence-electron chi connectivity index (χ4n) is 2.15. The fourth-order valence-corrected chi connectivity index (χ4v) is 2.15. The van der Waals surface area contributed by atoms with Gasteiger partial charge >= 0.3 is 0 Å². The van der Waals surface area contributed by atoms with Crippen LogP contribution >= 0.6 is 0 Å². The number of nitrogens with one attached hydrogen (secondary N) is 1. The molecule has 0 aliphatic rings. The maximum atomic E-state index is 11.6. The second-order valence-electron chi connectivity index (χ2n) is 4.53. The van der Waals surface area contributed by atoms with Crippen LogP contribution < -0.4 is 11.5 Å². The molecule has 0 saturated carbocycles. The summed E-state index contributed by atoms with van der Waals surface area (Å²) in [4.78, 5) is 22.6. The SMILES string of the molecule is NC(=O)c1[nH]c(-c2cc(N)ncn2)cc1-c1ccccc1. The van der Waals surface area contributed by atoms with E-state index in [2.05, 4.69) is 15.0 Å². The molecule has 0 radical (unpaired) electrons. The zero-order chi connectivity index (χ0) is 14.8. The summed E-state index contributed by atoms with van der Waals surface area (Å²) in [5, 5.41) is 0. The highest BCUT2D eigenvalue weighted by molar-refractivity contribution is 5.99. The number of anilines is 1. The predicted molar refractivity (Wildman–Crippen MR) is 80.2 cm³/mol. The van der Waals surface area contributed by atoms with Gasteiger partial charge in [-0.1, -0.05) is 30.3 Å². The predicted octanol–water partition coefficient (Wildman–Crippen LogP) is 1.82. The van der Waals surface area contributed by atoms with Crippen molar-refractivity contribution in [3.63, 3.8) is 0 Å². The maximum absolute atomic E-state index is 11.6. The maximum Gasteiger partial charge on any atom is 0.265 e. The Morgan fingerprint density at radius 3 is 2.52 bits per heavy atom. The second kappa shape index (κ2) is 5.09. The quantitative estimate of drug-likeness (QED) is 0.679. The van der Waals surface area contributed by atoms with Gasteiger partial charge in [0.1, 0.15) is 17.8 Å². The van der Waals surface area contributed by atoms with Crippen LogP contribution in [0.4, 0.5) is 5.82 Å². The molecule has 1 amide bonds. The number of hydrogen-bond donors (Lipinski definition) is 3. The summed E-state index contributed by atoms with van der Waals surface area (Å²) < 4.78 is 0. The summed E-state index contributed by atoms with van der Waals surface area (Å²) in [5.74, 6) is -0.168. The first-order valence-electron chi connectivity index (χ1n) is 6.31. The molecular formula is C15H13N5O. The van der Waals surface area contributed by atoms with E-state index in [9.17, 15) is 4.79 Å². The van der Waals surface area contributed by atoms with Gasteiger partial charge in [-0.3, -0.25) is 4.79 Å². The monoisotopic (exact) mass is 279 g/mol. The van der Waals surface area contributed by atoms with Crippen molar-refractivity contribution in [3.8, 4) is 22.5 Å². The molecule has 5 N–H and O–H groups in total. The normalized spacial score (nSPS) is 10.5. The number of rotatable bonds is 3. The van der Waals surface area contributed by atoms with E-state index in [4.69, 9.17) is 11.5 Å². The van der Waals surface area contributed by atoms with Crippen molar-refractivity contribution in [1.82, 2.24) is 15.0 Å². The first kappa shape index (κ1) is 12.9. The fraction of sp³-hybridized carbons (Fsp3) is 0. The summed E-state index contributed by atoms with van der Waals surface area (Å²) >= 11 is 0. The van der Waals surface area contributed by atoms with Gasteiger partial charge in [0.2, 0.25) is 0 Å². The van der Waals surface area contributed by atoms with Crippen LogP contribution in [0.15, 0.2) is 48.8 Å². The zero-order valence-corrected chi connectivity index (χ0v) is 11.1. The molecule has 104 valence electrons. The Bertz CT molecular complexity index is 795. The van der Waals surface area contributed by atoms with Crippen LogP contribution in [0.5, 0.6) is 0 Å². The summed E-state index contributed by atoms with van der Waals surface area (Å²) in [7, 11) is 0. The molecule has 0 aliphatic heterocycles. The van der Waals surface area contributed by atoms with Crippen LogP contribution in [0.3, 0.4) is 0 Å². The number of H-pyrrole nitrogens is 1. The highest BCUT2D eigenvalue weighted by Gasteiger charge is 2.16. The topological polar surface area (TPSA) is 111 Å². The largest absolute Gasteiger partial charge is 0.384 e. The summed E-state index contributed by atoms with van der Waals surface area (Å²) in [6.07, 6.45) is 1.37. The lowest BCUT2D eigenvalue weighted by atomic mass is 10.1. The zero-order valence-electron chi connectivity index (χ0n) is 11.1. The number of nitrogen functional groups attached to an aromatic ring is 1. The van der Waals surface area contributed by atoms with E-state index in [0.29, 0.717) is 22.9 Å². The van der Waals surface area contributed by atoms with Crippen molar-refractivity contribution < 1.29 is 4.79 Å². The average molecular weight is 279 g/mol. The standard InChI is InChI=1S/C15H13N5O/c16-13-7-11(18-8-19-13)12-6-10(14(20-12)15(17)21)9-4-2-1-3-5-9/h1-8,20H,(H2,17,21)(H2,16,18,19). The number of nitrogens with two attached hydrogens (primary N) is 2. The van der Waals surface area contributed by atoms with Gasteiger partial charge in [-0.2, -0.15) is 0 Å². The summed E-state index contributed by atoms with van der Waals surface area (Å²) in [6.45, 7) is 0. The van der Waals surface area contributed by atoms with Crippen molar-refractivity contribution in [3.05, 3.63) is 54.5 Å². The van der Waals surface area contributed by atoms with Crippen LogP contribution in [0.2, 0.25) is 0 Å². The van der Waals surface area contributed by atoms with Crippen molar-refractivity contribution in [2.45, 2.75) is 0 Å². The second-order valence-corrected chi connectivity index (χ2v) is 4.53. The Balaban J connectivity index is 2.15. The molecule has 0 unspecified atom stereocenters. The Morgan fingerprint density at radius 1 is 1.10 bits per heavy atom. The third-order valence-electron chi connectivity index (χ3n) is 3.11. The number of aromatic nitrogens is 3. The molecule has 2 aromatic heterocycles. The molecule has 6 nitrogen and oxygen atoms in total. The highest BCUT2D eigenvalue weighted by Crippen LogP contribution is 2.28. The number of aromatic amines is 1. The molecule has 0 aliphatic carbocycles. The van der Waals surface area contributed by atoms with E-state index in [-0.39, 0.29) is 0 Å². The average Bonchev–Trinajstić information content (AvgIpc) is 2.93. The van der Waals surface area contributed by atoms with E-state index in [1.807, 2.05) is 36.4 Å². The van der Waals surface area contributed by atoms with Gasteiger partial charge in [-0.25, -0.2) is 9.97 Å². The lowest BCUT2D eigenvalue weighted by molar-refractivity contribution is 0.0997. The molecule has 3 rings (SSSR count). The number of hydrogen-bond acceptors (Lipinski definition) is 4. The highest BCUT2D eigenvalue weighted by atomic mass is 16.1. The van der Waals surface area contributed by atoms with Crippen LogP contribution in [-0.4, -0.2) is 20.9 Å². The van der Waals surface area contributed by atoms with Crippen LogP contribution in [0.25, 0.3) is 22.5 Å². The first-order chi connectivity index (χ1) is 10.1. The molecule has 2 heterocycles. The van der Waals surface area contributed by atoms with Crippen molar-refractivity contribution in [1.29, 1.82) is 0 Å². The summed E-state index contributed by atoms with van der Waals surface area (Å²) in [6, 6.07) is 13.0. The lowest BCUT2D eigenvalue weighted by Gasteiger charge is -1.99. The molecule has 21 heavy (non-hydrogen) atoms. The van der Waals surface area contributed by atoms with Gasteiger partial charge in [0, 0.05) is 11.6 Å². The van der Waals surface area contributed by atoms with Crippen LogP contribution in [0, 0.1) is 0 Å². The number of benzene rings is 1. The van der Waals surface area contributed by atoms with E-state index in [1.165, 1.54) is 6.33 Å². The summed E-state index contributed by atoms with van der Waals surface area (Å²) in [5.41, 5.74) is 14.3. The minimum atomic E-state index is -0.526. The van der Waals surface area contributed by atoms with Gasteiger partial charge in [0.15, 0.2) is 0 Å². The van der Waals surface area contributed by atoms with Crippen molar-refractivity contribution in [2.24, 2.45) is 5.73 Å². The van der Waals surface area contributed by atoms with E-state index < -0.39 is 5.91 Å². The molecule has 0 atom stereocenters. The Kier molecular flexibility index (Phi) is 3.12. The number of carbonyl (C=O) groups excluding carboxylic acids is 1. The minimum absolute atomic E-state index is 0.341. The molecule has 0 fully saturated rings. The van der Waals surface area contributed by atoms with Gasteiger partial charge in [-0.05, 0) is 11.6 Å². The van der Waals surface area contributed by atoms with Gasteiger partial charge in [0.25, 0.3) is 5.91 Å². The molecule has 1 aromatic carbocycles. The number of nitrogens with zero attached hydrogens (tertiary/aromatic N) is 2. The smallest absolute Gasteiger partial charge is 0.265 e. The van der Waals surface area contributed by atoms with Crippen molar-refractivity contribution >= 4 is 11.7 Å². The molecule has 6 heteroatoms. The molecule has 0 bridgehead atoms. The van der Waals surface area contributed by atoms with Gasteiger partial charge < -0.3 is 16.5 Å². The van der Waals surface area contributed by atoms with Crippen LogP contribution in [-0.2, 0) is 0 Å². The molecule has 0 spiro atoms. The number of carbonyl (C=O) groups is 1. The third kappa shape index (κ3) is 2.46. The van der Waals surface area contributed by atoms with E-state index in [1.54, 1.807) is 6.07 Å². The van der Waals surface area contributed by atoms with Gasteiger partial charge in [-0.15, -0.1) is 0 Å². The molecule has 0 saturated heterocycles. The third-order valence-corrected chi connectivity index (χ3v) is 3.11. The molecule has 3 aromatic rings. The number of primary amides is 1. The lowest BCUT2D eigenvalue weighted by Crippen LogP contribution is -2.12. The van der Waals surface area contributed by atoms with E-state index in [0.717, 1.165) is 11.1 Å². The Hall–Kier alpha value is -3.15. The Morgan fingerprint density at radius 2 is 1.86 bits per heavy atom. The number of amides is 1. The first-order valence-corrected chi connectivity index (χ1v) is 6.31. The van der Waals surface area contributed by atoms with Crippen LogP contribution in [0.1, 0.15) is 10.5 Å². The Labute approximate surface area is 120 Å². The molecular weight excluding hydrogens is 266 g/mol. The van der Waals surface area contributed by atoms with Crippen molar-refractivity contribution in [2.75, 3.05) is 5.73 Å². The van der Waals surface area contributed by atoms with E-state index >= 15 is 0 Å². The minimum Gasteiger partial charge on any atom is -0.384 e. The van der Waals surface area contributed by atoms with Gasteiger partial charge in [0.05, 0.1) is 11.4 Å².